The molecule has 2 saturated heterocycles. The molecule has 3 heterocycles. The molecule has 4 rings (SSSR count). The highest BCUT2D eigenvalue weighted by atomic mass is 35.5. The summed E-state index contributed by atoms with van der Waals surface area (Å²) in [6.45, 7) is 7.16. The fourth-order valence-corrected chi connectivity index (χ4v) is 4.09. The van der Waals surface area contributed by atoms with E-state index in [1.54, 1.807) is 18.5 Å². The zero-order valence-electron chi connectivity index (χ0n) is 17.1. The van der Waals surface area contributed by atoms with Gasteiger partial charge < -0.3 is 19.4 Å². The summed E-state index contributed by atoms with van der Waals surface area (Å²) in [4.78, 5) is 26.7. The molecule has 0 N–H and O–H groups in total. The topological polar surface area (TPSA) is 87.9 Å². The maximum Gasteiger partial charge on any atom is 0.293 e. The van der Waals surface area contributed by atoms with Crippen LogP contribution >= 0.6 is 11.6 Å². The van der Waals surface area contributed by atoms with Crippen molar-refractivity contribution < 1.29 is 9.66 Å². The molecule has 160 valence electrons. The average Bonchev–Trinajstić information content (AvgIpc) is 2.76. The number of aromatic nitrogens is 2. The summed E-state index contributed by atoms with van der Waals surface area (Å²) in [5, 5.41) is 12.3. The Balaban J connectivity index is 1.64. The van der Waals surface area contributed by atoms with E-state index in [1.165, 1.54) is 6.07 Å². The zero-order valence-corrected chi connectivity index (χ0v) is 17.9. The number of likely N-dealkylation sites (N-methyl/N-ethyl adjacent to an activating group) is 1. The van der Waals surface area contributed by atoms with E-state index < -0.39 is 0 Å². The maximum absolute atomic E-state index is 11.8. The van der Waals surface area contributed by atoms with Crippen LogP contribution in [-0.4, -0.2) is 78.8 Å². The predicted octanol–water partition coefficient (Wildman–Crippen LogP) is 2.68. The minimum Gasteiger partial charge on any atom is -0.378 e. The van der Waals surface area contributed by atoms with Gasteiger partial charge in [0.2, 0.25) is 5.95 Å². The third-order valence-corrected chi connectivity index (χ3v) is 6.12. The molecule has 0 amide bonds. The van der Waals surface area contributed by atoms with Gasteiger partial charge in [-0.1, -0.05) is 11.6 Å². The summed E-state index contributed by atoms with van der Waals surface area (Å²) in [6, 6.07) is 3.54. The van der Waals surface area contributed by atoms with Crippen LogP contribution in [-0.2, 0) is 4.74 Å². The summed E-state index contributed by atoms with van der Waals surface area (Å²) >= 11 is 6.57. The molecule has 2 aliphatic heterocycles. The lowest BCUT2D eigenvalue weighted by molar-refractivity contribution is -0.384. The standard InChI is InChI=1S/C20H25ClN6O3/c1-14-13-26(4-3-24(14)2)18-10-17(21)16(9-19(18)27(28)29)15-11-22-20(23-12-15)25-5-7-30-8-6-25/h9-12,14H,3-8,13H2,1-2H3. The molecular formula is C20H25ClN6O3. The number of nitro groups is 1. The Bertz CT molecular complexity index is 920. The Labute approximate surface area is 180 Å². The second kappa shape index (κ2) is 8.71. The van der Waals surface area contributed by atoms with Crippen LogP contribution in [0.3, 0.4) is 0 Å². The molecule has 1 aromatic carbocycles. The van der Waals surface area contributed by atoms with Crippen LogP contribution in [0.4, 0.5) is 17.3 Å². The molecule has 0 radical (unpaired) electrons. The second-order valence-corrected chi connectivity index (χ2v) is 8.13. The van der Waals surface area contributed by atoms with Crippen molar-refractivity contribution >= 4 is 28.9 Å². The molecule has 0 saturated carbocycles. The Morgan fingerprint density at radius 3 is 2.47 bits per heavy atom. The number of morpholine rings is 1. The van der Waals surface area contributed by atoms with E-state index in [0.717, 1.165) is 19.6 Å². The van der Waals surface area contributed by atoms with E-state index in [-0.39, 0.29) is 10.6 Å². The fraction of sp³-hybridized carbons (Fsp3) is 0.500. The molecule has 1 atom stereocenters. The van der Waals surface area contributed by atoms with Crippen molar-refractivity contribution in [1.29, 1.82) is 0 Å². The van der Waals surface area contributed by atoms with E-state index in [4.69, 9.17) is 16.3 Å². The molecule has 2 fully saturated rings. The number of benzene rings is 1. The predicted molar refractivity (Wildman–Crippen MR) is 116 cm³/mol. The van der Waals surface area contributed by atoms with Gasteiger partial charge in [0.15, 0.2) is 0 Å². The summed E-state index contributed by atoms with van der Waals surface area (Å²) in [5.74, 6) is 0.621. The molecular weight excluding hydrogens is 408 g/mol. The van der Waals surface area contributed by atoms with Crippen molar-refractivity contribution in [3.05, 3.63) is 39.7 Å². The molecule has 10 heteroatoms. The largest absolute Gasteiger partial charge is 0.378 e. The number of nitro benzene ring substituents is 1. The number of rotatable bonds is 4. The van der Waals surface area contributed by atoms with Crippen molar-refractivity contribution in [3.8, 4) is 11.1 Å². The molecule has 0 aliphatic carbocycles. The summed E-state index contributed by atoms with van der Waals surface area (Å²) < 4.78 is 5.35. The van der Waals surface area contributed by atoms with E-state index >= 15 is 0 Å². The lowest BCUT2D eigenvalue weighted by Crippen LogP contribution is -2.50. The maximum atomic E-state index is 11.8. The highest BCUT2D eigenvalue weighted by Crippen LogP contribution is 2.39. The van der Waals surface area contributed by atoms with Gasteiger partial charge in [0.05, 0.1) is 23.2 Å². The smallest absolute Gasteiger partial charge is 0.293 e. The van der Waals surface area contributed by atoms with Gasteiger partial charge in [-0.2, -0.15) is 0 Å². The first-order valence-corrected chi connectivity index (χ1v) is 10.4. The Kier molecular flexibility index (Phi) is 6.03. The number of nitrogens with zero attached hydrogens (tertiary/aromatic N) is 6. The summed E-state index contributed by atoms with van der Waals surface area (Å²) in [6.07, 6.45) is 3.33. The van der Waals surface area contributed by atoms with Gasteiger partial charge in [-0.25, -0.2) is 9.97 Å². The van der Waals surface area contributed by atoms with Gasteiger partial charge in [0.25, 0.3) is 5.69 Å². The van der Waals surface area contributed by atoms with E-state index in [9.17, 15) is 10.1 Å². The molecule has 9 nitrogen and oxygen atoms in total. The molecule has 2 aromatic rings. The van der Waals surface area contributed by atoms with E-state index in [2.05, 4.69) is 33.7 Å². The van der Waals surface area contributed by atoms with Gasteiger partial charge in [-0.15, -0.1) is 0 Å². The van der Waals surface area contributed by atoms with Crippen LogP contribution < -0.4 is 9.80 Å². The zero-order chi connectivity index (χ0) is 21.3. The number of hydrogen-bond acceptors (Lipinski definition) is 8. The van der Waals surface area contributed by atoms with Crippen LogP contribution in [0, 0.1) is 10.1 Å². The third kappa shape index (κ3) is 4.19. The van der Waals surface area contributed by atoms with Crippen LogP contribution in [0.25, 0.3) is 11.1 Å². The van der Waals surface area contributed by atoms with Crippen molar-refractivity contribution in [2.75, 3.05) is 62.8 Å². The number of halogens is 1. The van der Waals surface area contributed by atoms with E-state index in [0.29, 0.717) is 60.1 Å². The van der Waals surface area contributed by atoms with Gasteiger partial charge in [0, 0.05) is 68.4 Å². The monoisotopic (exact) mass is 432 g/mol. The Hall–Kier alpha value is -2.49. The molecule has 0 bridgehead atoms. The molecule has 30 heavy (non-hydrogen) atoms. The molecule has 1 unspecified atom stereocenters. The van der Waals surface area contributed by atoms with E-state index in [1.807, 2.05) is 4.90 Å². The minimum atomic E-state index is -0.346. The SMILES string of the molecule is CC1CN(c2cc(Cl)c(-c3cnc(N4CCOCC4)nc3)cc2[N+](=O)[O-])CCN1C. The minimum absolute atomic E-state index is 0.0448. The Morgan fingerprint density at radius 2 is 1.83 bits per heavy atom. The van der Waals surface area contributed by atoms with Crippen molar-refractivity contribution in [3.63, 3.8) is 0 Å². The first kappa shape index (κ1) is 20.8. The lowest BCUT2D eigenvalue weighted by Gasteiger charge is -2.38. The van der Waals surface area contributed by atoms with Crippen molar-refractivity contribution in [2.24, 2.45) is 0 Å². The normalized spacial score (nSPS) is 20.4. The Morgan fingerprint density at radius 1 is 1.13 bits per heavy atom. The summed E-state index contributed by atoms with van der Waals surface area (Å²) in [7, 11) is 2.06. The van der Waals surface area contributed by atoms with Crippen LogP contribution in [0.1, 0.15) is 6.92 Å². The van der Waals surface area contributed by atoms with Crippen molar-refractivity contribution in [1.82, 2.24) is 14.9 Å². The fourth-order valence-electron chi connectivity index (χ4n) is 3.83. The number of piperazine rings is 1. The molecule has 1 aromatic heterocycles. The third-order valence-electron chi connectivity index (χ3n) is 5.80. The first-order chi connectivity index (χ1) is 14.4. The number of anilines is 2. The quantitative estimate of drug-likeness (QED) is 0.538. The van der Waals surface area contributed by atoms with Crippen LogP contribution in [0.15, 0.2) is 24.5 Å². The van der Waals surface area contributed by atoms with Gasteiger partial charge in [0.1, 0.15) is 5.69 Å². The average molecular weight is 433 g/mol. The molecule has 0 spiro atoms. The van der Waals surface area contributed by atoms with Crippen LogP contribution in [0.5, 0.6) is 0 Å². The van der Waals surface area contributed by atoms with Crippen LogP contribution in [0.2, 0.25) is 5.02 Å². The van der Waals surface area contributed by atoms with Gasteiger partial charge >= 0.3 is 0 Å². The molecule has 2 aliphatic rings. The van der Waals surface area contributed by atoms with Crippen molar-refractivity contribution in [2.45, 2.75) is 13.0 Å². The van der Waals surface area contributed by atoms with Gasteiger partial charge in [-0.3, -0.25) is 10.1 Å². The second-order valence-electron chi connectivity index (χ2n) is 7.72. The number of hydrogen-bond donors (Lipinski definition) is 0. The highest BCUT2D eigenvalue weighted by Gasteiger charge is 2.28. The van der Waals surface area contributed by atoms with Gasteiger partial charge in [-0.05, 0) is 20.0 Å². The lowest BCUT2D eigenvalue weighted by atomic mass is 10.1. The highest BCUT2D eigenvalue weighted by molar-refractivity contribution is 6.33. The first-order valence-electron chi connectivity index (χ1n) is 10.0. The summed E-state index contributed by atoms with van der Waals surface area (Å²) in [5.41, 5.74) is 1.81. The number of ether oxygens (including phenoxy) is 1.